The van der Waals surface area contributed by atoms with E-state index in [0.717, 1.165) is 28.7 Å². The first kappa shape index (κ1) is 16.5. The molecule has 3 nitrogen and oxygen atoms in total. The number of para-hydroxylation sites is 1. The normalized spacial score (nSPS) is 23.0. The van der Waals surface area contributed by atoms with E-state index < -0.39 is 5.72 Å². The van der Waals surface area contributed by atoms with Gasteiger partial charge in [0.05, 0.1) is 6.54 Å². The van der Waals surface area contributed by atoms with E-state index in [1.54, 1.807) is 23.9 Å². The van der Waals surface area contributed by atoms with Crippen LogP contribution in [0.25, 0.3) is 0 Å². The molecule has 2 aromatic carbocycles. The molecule has 2 heterocycles. The van der Waals surface area contributed by atoms with E-state index in [9.17, 15) is 9.50 Å². The number of hydrogen-bond acceptors (Lipinski definition) is 3. The maximum absolute atomic E-state index is 13.2. The molecule has 1 N–H and O–H groups in total. The second-order valence-corrected chi connectivity index (χ2v) is 6.59. The molecule has 0 bridgehead atoms. The number of nitrogens with zero attached hydrogens (tertiary/aromatic N) is 2. The number of aliphatic hydroxyl groups is 1. The van der Waals surface area contributed by atoms with E-state index in [1.165, 1.54) is 12.1 Å². The molecule has 0 aliphatic carbocycles. The van der Waals surface area contributed by atoms with Gasteiger partial charge in [0.15, 0.2) is 6.54 Å². The summed E-state index contributed by atoms with van der Waals surface area (Å²) in [5.74, 6) is 0.660. The van der Waals surface area contributed by atoms with E-state index in [-0.39, 0.29) is 22.8 Å². The van der Waals surface area contributed by atoms with Crippen LogP contribution in [0.1, 0.15) is 5.56 Å². The fourth-order valence-corrected chi connectivity index (χ4v) is 4.30. The van der Waals surface area contributed by atoms with Crippen molar-refractivity contribution in [3.05, 3.63) is 66.0 Å². The van der Waals surface area contributed by atoms with Crippen LogP contribution in [0.4, 0.5) is 10.1 Å². The van der Waals surface area contributed by atoms with Crippen molar-refractivity contribution >= 4 is 22.6 Å². The zero-order valence-corrected chi connectivity index (χ0v) is 14.7. The summed E-state index contributed by atoms with van der Waals surface area (Å²) in [6.07, 6.45) is 0. The fraction of sp³-hybridized carbons (Fsp3) is 0.235. The molecule has 1 unspecified atom stereocenters. The summed E-state index contributed by atoms with van der Waals surface area (Å²) in [6, 6.07) is 16.2. The maximum atomic E-state index is 13.2. The average molecular weight is 395 g/mol. The number of thioether (sulfide) groups is 1. The Morgan fingerprint density at radius 2 is 1.78 bits per heavy atom. The zero-order valence-electron chi connectivity index (χ0n) is 12.3. The van der Waals surface area contributed by atoms with Crippen LogP contribution >= 0.6 is 11.8 Å². The van der Waals surface area contributed by atoms with Gasteiger partial charge < -0.3 is 22.1 Å². The molecule has 1 atom stereocenters. The molecule has 120 valence electrons. The van der Waals surface area contributed by atoms with Crippen LogP contribution in [0.5, 0.6) is 0 Å². The van der Waals surface area contributed by atoms with Crippen LogP contribution in [-0.4, -0.2) is 33.7 Å². The van der Waals surface area contributed by atoms with E-state index in [2.05, 4.69) is 4.90 Å². The molecule has 0 fully saturated rings. The Balaban J connectivity index is 0.00000156. The van der Waals surface area contributed by atoms with Gasteiger partial charge in [-0.1, -0.05) is 18.2 Å². The van der Waals surface area contributed by atoms with Gasteiger partial charge in [0.25, 0.3) is 5.72 Å². The predicted molar refractivity (Wildman–Crippen MR) is 86.7 cm³/mol. The first-order valence-electron chi connectivity index (χ1n) is 7.27. The highest BCUT2D eigenvalue weighted by molar-refractivity contribution is 8.14. The Morgan fingerprint density at radius 1 is 1.09 bits per heavy atom. The van der Waals surface area contributed by atoms with E-state index in [4.69, 9.17) is 0 Å². The lowest BCUT2D eigenvalue weighted by molar-refractivity contribution is -0.650. The van der Waals surface area contributed by atoms with Gasteiger partial charge >= 0.3 is 5.17 Å². The SMILES string of the molecule is OC1(c2ccc(F)cc2)CN(c2ccccc2)C2=[N+]1CCS2.[Br-]. The monoisotopic (exact) mass is 394 g/mol. The molecule has 0 amide bonds. The fourth-order valence-electron chi connectivity index (χ4n) is 3.12. The highest BCUT2D eigenvalue weighted by Gasteiger charge is 2.54. The van der Waals surface area contributed by atoms with Crippen molar-refractivity contribution in [2.24, 2.45) is 0 Å². The minimum Gasteiger partial charge on any atom is -1.00 e. The zero-order chi connectivity index (χ0) is 15.2. The number of rotatable bonds is 2. The summed E-state index contributed by atoms with van der Waals surface area (Å²) in [5, 5.41) is 12.4. The quantitative estimate of drug-likeness (QED) is 0.702. The third-order valence-corrected chi connectivity index (χ3v) is 5.29. The van der Waals surface area contributed by atoms with Crippen molar-refractivity contribution < 1.29 is 31.1 Å². The molecule has 6 heteroatoms. The van der Waals surface area contributed by atoms with Gasteiger partial charge in [-0.15, -0.1) is 0 Å². The van der Waals surface area contributed by atoms with E-state index >= 15 is 0 Å². The number of benzene rings is 2. The summed E-state index contributed by atoms with van der Waals surface area (Å²) in [6.45, 7) is 1.24. The van der Waals surface area contributed by atoms with Gasteiger partial charge in [0.2, 0.25) is 0 Å². The van der Waals surface area contributed by atoms with E-state index in [0.29, 0.717) is 6.54 Å². The summed E-state index contributed by atoms with van der Waals surface area (Å²) in [5.41, 5.74) is 0.685. The Bertz CT molecular complexity index is 738. The topological polar surface area (TPSA) is 26.5 Å². The van der Waals surface area contributed by atoms with Gasteiger partial charge in [-0.2, -0.15) is 0 Å². The minimum atomic E-state index is -1.11. The van der Waals surface area contributed by atoms with Gasteiger partial charge in [0.1, 0.15) is 11.5 Å². The summed E-state index contributed by atoms with van der Waals surface area (Å²) in [7, 11) is 0. The van der Waals surface area contributed by atoms with Crippen molar-refractivity contribution in [1.82, 2.24) is 0 Å². The molecule has 2 aromatic rings. The van der Waals surface area contributed by atoms with Crippen LogP contribution < -0.4 is 21.9 Å². The van der Waals surface area contributed by atoms with Gasteiger partial charge in [-0.25, -0.2) is 13.9 Å². The van der Waals surface area contributed by atoms with Gasteiger partial charge in [-0.3, -0.25) is 0 Å². The molecular weight excluding hydrogens is 379 g/mol. The number of β-amino-alcohol motifs (C(OH)–C–C–N with tert-alkyl or cyclic N) is 1. The predicted octanol–water partition coefficient (Wildman–Crippen LogP) is -0.390. The van der Waals surface area contributed by atoms with Gasteiger partial charge in [-0.05, 0) is 48.2 Å². The molecule has 0 spiro atoms. The summed E-state index contributed by atoms with van der Waals surface area (Å²) >= 11 is 1.75. The number of amidine groups is 1. The Labute approximate surface area is 149 Å². The third kappa shape index (κ3) is 2.69. The van der Waals surface area contributed by atoms with Crippen molar-refractivity contribution in [3.8, 4) is 0 Å². The first-order chi connectivity index (χ1) is 10.7. The Kier molecular flexibility index (Phi) is 4.49. The Morgan fingerprint density at radius 3 is 2.48 bits per heavy atom. The molecule has 2 aliphatic rings. The first-order valence-corrected chi connectivity index (χ1v) is 8.25. The van der Waals surface area contributed by atoms with Crippen molar-refractivity contribution in [2.75, 3.05) is 23.7 Å². The highest BCUT2D eigenvalue weighted by Crippen LogP contribution is 2.37. The average Bonchev–Trinajstić information content (AvgIpc) is 3.13. The Hall–Kier alpha value is -1.37. The third-order valence-electron chi connectivity index (χ3n) is 4.21. The molecule has 2 aliphatic heterocycles. The molecule has 0 saturated carbocycles. The maximum Gasteiger partial charge on any atom is 0.316 e. The van der Waals surface area contributed by atoms with Crippen LogP contribution in [0.3, 0.4) is 0 Å². The standard InChI is InChI=1S/C17H16FN2OS.BrH/c18-14-8-6-13(7-9-14)17(21)12-19(15-4-2-1-3-5-15)16-20(17)10-11-22-16;/h1-9,21H,10-12H2;1H/q+1;/p-1. The second kappa shape index (κ2) is 6.26. The lowest BCUT2D eigenvalue weighted by atomic mass is 10.0. The van der Waals surface area contributed by atoms with Crippen molar-refractivity contribution in [2.45, 2.75) is 5.72 Å². The number of hydrogen-bond donors (Lipinski definition) is 1. The van der Waals surface area contributed by atoms with Crippen molar-refractivity contribution in [3.63, 3.8) is 0 Å². The molecule has 0 aromatic heterocycles. The number of halogens is 2. The molecule has 23 heavy (non-hydrogen) atoms. The van der Waals surface area contributed by atoms with Crippen LogP contribution in [0.2, 0.25) is 0 Å². The molecule has 0 radical (unpaired) electrons. The molecule has 0 saturated heterocycles. The largest absolute Gasteiger partial charge is 1.00 e. The summed E-state index contributed by atoms with van der Waals surface area (Å²) < 4.78 is 15.2. The smallest absolute Gasteiger partial charge is 0.316 e. The lowest BCUT2D eigenvalue weighted by Gasteiger charge is -2.22. The van der Waals surface area contributed by atoms with Crippen LogP contribution in [-0.2, 0) is 5.72 Å². The number of anilines is 1. The van der Waals surface area contributed by atoms with Crippen LogP contribution in [0, 0.1) is 5.82 Å². The van der Waals surface area contributed by atoms with Crippen molar-refractivity contribution in [1.29, 1.82) is 0 Å². The van der Waals surface area contributed by atoms with Gasteiger partial charge in [0, 0.05) is 11.3 Å². The van der Waals surface area contributed by atoms with Crippen LogP contribution in [0.15, 0.2) is 54.6 Å². The van der Waals surface area contributed by atoms with E-state index in [1.807, 2.05) is 34.9 Å². The highest BCUT2D eigenvalue weighted by atomic mass is 79.9. The lowest BCUT2D eigenvalue weighted by Crippen LogP contribution is -3.00. The molecular formula is C17H16BrFN2OS. The minimum absolute atomic E-state index is 0. The summed E-state index contributed by atoms with van der Waals surface area (Å²) in [4.78, 5) is 2.14. The second-order valence-electron chi connectivity index (χ2n) is 5.53. The molecule has 4 rings (SSSR count).